The van der Waals surface area contributed by atoms with E-state index in [1.807, 2.05) is 0 Å². The molecule has 0 unspecified atom stereocenters. The normalized spacial score (nSPS) is 9.47. The maximum absolute atomic E-state index is 10.8. The van der Waals surface area contributed by atoms with Gasteiger partial charge < -0.3 is 14.8 Å². The summed E-state index contributed by atoms with van der Waals surface area (Å²) in [5, 5.41) is 17.8. The van der Waals surface area contributed by atoms with Crippen molar-refractivity contribution in [2.45, 2.75) is 6.61 Å². The van der Waals surface area contributed by atoms with Gasteiger partial charge in [0, 0.05) is 6.08 Å². The molecule has 15 heavy (non-hydrogen) atoms. The van der Waals surface area contributed by atoms with E-state index >= 15 is 0 Å². The Kier molecular flexibility index (Phi) is 4.09. The first kappa shape index (κ1) is 11.5. The second-order valence-corrected chi connectivity index (χ2v) is 2.93. The molecule has 0 heterocycles. The summed E-state index contributed by atoms with van der Waals surface area (Å²) in [7, 11) is -1.51. The van der Waals surface area contributed by atoms with Crippen molar-refractivity contribution < 1.29 is 19.6 Å². The third kappa shape index (κ3) is 3.57. The molecule has 0 atom stereocenters. The van der Waals surface area contributed by atoms with Crippen LogP contribution in [0.5, 0.6) is 0 Å². The van der Waals surface area contributed by atoms with Gasteiger partial charge in [-0.1, -0.05) is 30.8 Å². The molecule has 0 aliphatic carbocycles. The number of ether oxygens (including phenoxy) is 1. The molecular weight excluding hydrogens is 195 g/mol. The smallest absolute Gasteiger partial charge is 0.458 e. The first-order valence-electron chi connectivity index (χ1n) is 4.37. The van der Waals surface area contributed by atoms with Crippen LogP contribution in [0, 0.1) is 0 Å². The second kappa shape index (κ2) is 5.33. The van der Waals surface area contributed by atoms with Crippen LogP contribution in [0.2, 0.25) is 0 Å². The summed E-state index contributed by atoms with van der Waals surface area (Å²) >= 11 is 0. The van der Waals surface area contributed by atoms with Crippen molar-refractivity contribution in [3.8, 4) is 0 Å². The van der Waals surface area contributed by atoms with Gasteiger partial charge in [0.1, 0.15) is 6.61 Å². The van der Waals surface area contributed by atoms with E-state index in [0.717, 1.165) is 6.08 Å². The Hall–Kier alpha value is -1.59. The lowest BCUT2D eigenvalue weighted by atomic mass is 9.80. The Balaban J connectivity index is 2.65. The van der Waals surface area contributed by atoms with Gasteiger partial charge in [-0.3, -0.25) is 0 Å². The summed E-state index contributed by atoms with van der Waals surface area (Å²) in [4.78, 5) is 10.8. The Morgan fingerprint density at radius 2 is 2.27 bits per heavy atom. The highest BCUT2D eigenvalue weighted by atomic mass is 16.5. The van der Waals surface area contributed by atoms with Gasteiger partial charge in [-0.15, -0.1) is 0 Å². The van der Waals surface area contributed by atoms with Crippen LogP contribution in [0.4, 0.5) is 0 Å². The highest BCUT2D eigenvalue weighted by molar-refractivity contribution is 6.58. The topological polar surface area (TPSA) is 66.8 Å². The molecule has 0 saturated carbocycles. The Bertz CT molecular complexity index is 362. The van der Waals surface area contributed by atoms with Crippen molar-refractivity contribution in [3.63, 3.8) is 0 Å². The molecule has 0 amide bonds. The number of hydrogen-bond acceptors (Lipinski definition) is 4. The van der Waals surface area contributed by atoms with Crippen molar-refractivity contribution in [2.24, 2.45) is 0 Å². The third-order valence-corrected chi connectivity index (χ3v) is 1.80. The maximum Gasteiger partial charge on any atom is 0.488 e. The predicted octanol–water partition coefficient (Wildman–Crippen LogP) is -0.404. The van der Waals surface area contributed by atoms with E-state index in [0.29, 0.717) is 11.0 Å². The molecule has 0 radical (unpaired) electrons. The van der Waals surface area contributed by atoms with Crippen molar-refractivity contribution in [2.75, 3.05) is 0 Å². The van der Waals surface area contributed by atoms with Gasteiger partial charge >= 0.3 is 13.1 Å². The number of rotatable bonds is 4. The van der Waals surface area contributed by atoms with Crippen molar-refractivity contribution in [3.05, 3.63) is 42.5 Å². The van der Waals surface area contributed by atoms with E-state index in [2.05, 4.69) is 6.58 Å². The fraction of sp³-hybridized carbons (Fsp3) is 0.100. The lowest BCUT2D eigenvalue weighted by molar-refractivity contribution is -0.138. The molecule has 1 rings (SSSR count). The number of benzene rings is 1. The number of esters is 1. The van der Waals surface area contributed by atoms with Crippen LogP contribution in [-0.2, 0) is 16.1 Å². The summed E-state index contributed by atoms with van der Waals surface area (Å²) in [5.41, 5.74) is 1.05. The molecule has 5 heteroatoms. The largest absolute Gasteiger partial charge is 0.488 e. The molecule has 1 aromatic rings. The monoisotopic (exact) mass is 206 g/mol. The fourth-order valence-corrected chi connectivity index (χ4v) is 1.06. The van der Waals surface area contributed by atoms with Crippen LogP contribution < -0.4 is 5.46 Å². The number of carbonyl (C=O) groups excluding carboxylic acids is 1. The lowest BCUT2D eigenvalue weighted by Gasteiger charge is -2.04. The van der Waals surface area contributed by atoms with Crippen molar-refractivity contribution in [1.82, 2.24) is 0 Å². The summed E-state index contributed by atoms with van der Waals surface area (Å²) in [6.45, 7) is 3.35. The molecule has 0 aliphatic rings. The van der Waals surface area contributed by atoms with E-state index in [1.165, 1.54) is 0 Å². The fourth-order valence-electron chi connectivity index (χ4n) is 1.06. The zero-order chi connectivity index (χ0) is 11.3. The van der Waals surface area contributed by atoms with Crippen LogP contribution >= 0.6 is 0 Å². The summed E-state index contributed by atoms with van der Waals surface area (Å²) in [6, 6.07) is 6.51. The van der Waals surface area contributed by atoms with Gasteiger partial charge in [-0.25, -0.2) is 4.79 Å². The van der Waals surface area contributed by atoms with Gasteiger partial charge in [0.15, 0.2) is 0 Å². The minimum atomic E-state index is -1.51. The van der Waals surface area contributed by atoms with Crippen LogP contribution in [0.25, 0.3) is 0 Å². The van der Waals surface area contributed by atoms with Gasteiger partial charge in [0.25, 0.3) is 0 Å². The van der Waals surface area contributed by atoms with Crippen LogP contribution in [-0.4, -0.2) is 23.1 Å². The minimum absolute atomic E-state index is 0.0887. The predicted molar refractivity (Wildman–Crippen MR) is 56.3 cm³/mol. The standard InChI is InChI=1S/C10H11BO4/c1-2-10(12)15-7-8-4-3-5-9(6-8)11(13)14/h2-6,13-14H,1,7H2. The second-order valence-electron chi connectivity index (χ2n) is 2.93. The molecule has 2 N–H and O–H groups in total. The Morgan fingerprint density at radius 3 is 2.87 bits per heavy atom. The van der Waals surface area contributed by atoms with E-state index in [1.54, 1.807) is 24.3 Å². The van der Waals surface area contributed by atoms with E-state index in [4.69, 9.17) is 14.8 Å². The highest BCUT2D eigenvalue weighted by Gasteiger charge is 2.10. The molecule has 0 aliphatic heterocycles. The molecule has 0 bridgehead atoms. The Labute approximate surface area is 88.0 Å². The summed E-state index contributed by atoms with van der Waals surface area (Å²) in [5.74, 6) is -0.509. The summed E-state index contributed by atoms with van der Waals surface area (Å²) in [6.07, 6.45) is 1.07. The molecule has 78 valence electrons. The van der Waals surface area contributed by atoms with E-state index < -0.39 is 13.1 Å². The average molecular weight is 206 g/mol. The quantitative estimate of drug-likeness (QED) is 0.399. The van der Waals surface area contributed by atoms with Gasteiger partial charge in [0.2, 0.25) is 0 Å². The van der Waals surface area contributed by atoms with Gasteiger partial charge in [-0.05, 0) is 11.0 Å². The Morgan fingerprint density at radius 1 is 1.53 bits per heavy atom. The zero-order valence-corrected chi connectivity index (χ0v) is 8.09. The van der Waals surface area contributed by atoms with Crippen molar-refractivity contribution in [1.29, 1.82) is 0 Å². The molecule has 0 saturated heterocycles. The van der Waals surface area contributed by atoms with E-state index in [-0.39, 0.29) is 6.61 Å². The molecule has 1 aromatic carbocycles. The van der Waals surface area contributed by atoms with Gasteiger partial charge in [-0.2, -0.15) is 0 Å². The molecule has 0 spiro atoms. The first-order valence-corrected chi connectivity index (χ1v) is 4.37. The van der Waals surface area contributed by atoms with Crippen LogP contribution in [0.15, 0.2) is 36.9 Å². The SMILES string of the molecule is C=CC(=O)OCc1cccc(B(O)O)c1. The third-order valence-electron chi connectivity index (χ3n) is 1.80. The van der Waals surface area contributed by atoms with E-state index in [9.17, 15) is 4.79 Å². The summed E-state index contributed by atoms with van der Waals surface area (Å²) < 4.78 is 4.79. The van der Waals surface area contributed by atoms with Crippen LogP contribution in [0.1, 0.15) is 5.56 Å². The average Bonchev–Trinajstić information content (AvgIpc) is 2.26. The number of hydrogen-bond donors (Lipinski definition) is 2. The van der Waals surface area contributed by atoms with Crippen molar-refractivity contribution >= 4 is 18.6 Å². The number of carbonyl (C=O) groups is 1. The molecule has 4 nitrogen and oxygen atoms in total. The molecule has 0 aromatic heterocycles. The van der Waals surface area contributed by atoms with Gasteiger partial charge in [0.05, 0.1) is 0 Å². The molecule has 0 fully saturated rings. The lowest BCUT2D eigenvalue weighted by Crippen LogP contribution is -2.29. The maximum atomic E-state index is 10.8. The first-order chi connectivity index (χ1) is 7.13. The molecular formula is C10H11BO4. The van der Waals surface area contributed by atoms with Crippen LogP contribution in [0.3, 0.4) is 0 Å². The highest BCUT2D eigenvalue weighted by Crippen LogP contribution is 2.00. The zero-order valence-electron chi connectivity index (χ0n) is 8.09. The minimum Gasteiger partial charge on any atom is -0.458 e.